The molecule has 0 N–H and O–H groups in total. The van der Waals surface area contributed by atoms with Crippen LogP contribution in [0.2, 0.25) is 0 Å². The summed E-state index contributed by atoms with van der Waals surface area (Å²) in [5.41, 5.74) is -1.18. The van der Waals surface area contributed by atoms with Gasteiger partial charge in [0.05, 0.1) is 7.05 Å². The summed E-state index contributed by atoms with van der Waals surface area (Å²) in [6.45, 7) is 12.9. The predicted octanol–water partition coefficient (Wildman–Crippen LogP) is 3.77. The van der Waals surface area contributed by atoms with Gasteiger partial charge in [0.1, 0.15) is 11.2 Å². The Morgan fingerprint density at radius 3 is 2.14 bits per heavy atom. The van der Waals surface area contributed by atoms with Crippen LogP contribution in [0.4, 0.5) is 16.4 Å². The molecule has 13 heteroatoms. The maximum Gasteiger partial charge on any atom is 0.410 e. The molecule has 1 atom stereocenters. The van der Waals surface area contributed by atoms with Crippen molar-refractivity contribution in [2.75, 3.05) is 24.5 Å². The van der Waals surface area contributed by atoms with Gasteiger partial charge in [-0.25, -0.2) is 14.4 Å². The number of fused-ring (bicyclic) bond motifs is 1. The van der Waals surface area contributed by atoms with E-state index in [9.17, 15) is 14.4 Å². The minimum atomic E-state index is -1.15. The molecule has 2 aromatic rings. The summed E-state index contributed by atoms with van der Waals surface area (Å²) in [5, 5.41) is 14.0. The summed E-state index contributed by atoms with van der Waals surface area (Å²) in [6.07, 6.45) is 3.67. The molecule has 0 spiro atoms. The SMILES string of the molecule is CC(C)(C)OC(=O)C12CCCCN1OC2=O.Cn1nnc(N(c2ccccc2)C2CCN(C(=O)OC(C)(C)C)CC2)n1. The zero-order valence-electron chi connectivity index (χ0n) is 25.7. The number of hydrogen-bond donors (Lipinski definition) is 0. The number of para-hydroxylation sites is 1. The van der Waals surface area contributed by atoms with Crippen molar-refractivity contribution in [2.45, 2.75) is 96.4 Å². The van der Waals surface area contributed by atoms with Crippen LogP contribution in [0.15, 0.2) is 30.3 Å². The lowest BCUT2D eigenvalue weighted by molar-refractivity contribution is -0.299. The fraction of sp³-hybridized carbons (Fsp3) is 0.655. The van der Waals surface area contributed by atoms with Crippen LogP contribution in [-0.4, -0.2) is 90.6 Å². The van der Waals surface area contributed by atoms with Crippen LogP contribution >= 0.6 is 0 Å². The summed E-state index contributed by atoms with van der Waals surface area (Å²) < 4.78 is 10.8. The average molecular weight is 586 g/mol. The van der Waals surface area contributed by atoms with Crippen molar-refractivity contribution >= 4 is 29.7 Å². The molecule has 230 valence electrons. The van der Waals surface area contributed by atoms with Crippen LogP contribution in [0.1, 0.15) is 73.6 Å². The molecule has 0 bridgehead atoms. The number of amides is 1. The molecule has 13 nitrogen and oxygen atoms in total. The largest absolute Gasteiger partial charge is 0.458 e. The van der Waals surface area contributed by atoms with E-state index in [2.05, 4.69) is 20.3 Å². The van der Waals surface area contributed by atoms with Gasteiger partial charge in [-0.3, -0.25) is 0 Å². The monoisotopic (exact) mass is 585 g/mol. The van der Waals surface area contributed by atoms with Gasteiger partial charge in [0, 0.05) is 31.4 Å². The van der Waals surface area contributed by atoms with Crippen LogP contribution < -0.4 is 4.90 Å². The van der Waals surface area contributed by atoms with E-state index in [1.165, 1.54) is 9.86 Å². The second-order valence-electron chi connectivity index (χ2n) is 12.8. The van der Waals surface area contributed by atoms with Crippen molar-refractivity contribution in [1.82, 2.24) is 30.2 Å². The first kappa shape index (κ1) is 31.2. The fourth-order valence-corrected chi connectivity index (χ4v) is 5.15. The number of anilines is 2. The molecule has 1 aromatic carbocycles. The zero-order chi connectivity index (χ0) is 30.7. The number of esters is 1. The second-order valence-corrected chi connectivity index (χ2v) is 12.8. The van der Waals surface area contributed by atoms with Gasteiger partial charge in [-0.2, -0.15) is 4.80 Å². The fourth-order valence-electron chi connectivity index (χ4n) is 5.15. The molecule has 3 saturated heterocycles. The Morgan fingerprint density at radius 1 is 0.976 bits per heavy atom. The lowest BCUT2D eigenvalue weighted by Crippen LogP contribution is -2.73. The molecule has 5 rings (SSSR count). The van der Waals surface area contributed by atoms with E-state index in [0.717, 1.165) is 31.4 Å². The van der Waals surface area contributed by atoms with Crippen molar-refractivity contribution in [3.63, 3.8) is 0 Å². The van der Waals surface area contributed by atoms with Crippen LogP contribution in [-0.2, 0) is 30.9 Å². The lowest BCUT2D eigenvalue weighted by atomic mass is 9.86. The van der Waals surface area contributed by atoms with Crippen LogP contribution in [0.25, 0.3) is 0 Å². The number of ether oxygens (including phenoxy) is 2. The Kier molecular flexibility index (Phi) is 9.09. The molecule has 3 aliphatic rings. The Hall–Kier alpha value is -3.74. The number of nitrogens with zero attached hydrogens (tertiary/aromatic N) is 7. The van der Waals surface area contributed by atoms with E-state index in [-0.39, 0.29) is 12.1 Å². The van der Waals surface area contributed by atoms with E-state index in [4.69, 9.17) is 14.3 Å². The maximum absolute atomic E-state index is 12.3. The Morgan fingerprint density at radius 2 is 1.62 bits per heavy atom. The normalized spacial score (nSPS) is 21.2. The number of aryl methyl sites for hydroxylation is 1. The van der Waals surface area contributed by atoms with E-state index in [1.807, 2.05) is 51.1 Å². The Balaban J connectivity index is 0.000000216. The molecule has 0 aliphatic carbocycles. The van der Waals surface area contributed by atoms with Crippen molar-refractivity contribution in [3.05, 3.63) is 30.3 Å². The van der Waals surface area contributed by atoms with Crippen LogP contribution in [0.3, 0.4) is 0 Å². The van der Waals surface area contributed by atoms with Crippen molar-refractivity contribution in [3.8, 4) is 0 Å². The van der Waals surface area contributed by atoms with Crippen LogP contribution in [0.5, 0.6) is 0 Å². The smallest absolute Gasteiger partial charge is 0.410 e. The van der Waals surface area contributed by atoms with Gasteiger partial charge >= 0.3 is 18.0 Å². The second kappa shape index (κ2) is 12.2. The Labute approximate surface area is 247 Å². The van der Waals surface area contributed by atoms with E-state index in [0.29, 0.717) is 32.0 Å². The number of rotatable bonds is 4. The minimum absolute atomic E-state index is 0.195. The summed E-state index contributed by atoms with van der Waals surface area (Å²) in [6, 6.07) is 10.2. The maximum atomic E-state index is 12.3. The van der Waals surface area contributed by atoms with Gasteiger partial charge < -0.3 is 24.1 Å². The number of benzene rings is 1. The summed E-state index contributed by atoms with van der Waals surface area (Å²) >= 11 is 0. The minimum Gasteiger partial charge on any atom is -0.458 e. The van der Waals surface area contributed by atoms with Crippen LogP contribution in [0, 0.1) is 0 Å². The first-order valence-corrected chi connectivity index (χ1v) is 14.5. The van der Waals surface area contributed by atoms with Gasteiger partial charge in [0.15, 0.2) is 0 Å². The number of piperidine rings is 2. The highest BCUT2D eigenvalue weighted by molar-refractivity contribution is 6.07. The zero-order valence-corrected chi connectivity index (χ0v) is 25.7. The molecule has 3 fully saturated rings. The molecule has 1 amide bonds. The third-order valence-corrected chi connectivity index (χ3v) is 7.07. The summed E-state index contributed by atoms with van der Waals surface area (Å²) in [7, 11) is 1.75. The predicted molar refractivity (Wildman–Crippen MR) is 153 cm³/mol. The van der Waals surface area contributed by atoms with E-state index < -0.39 is 28.7 Å². The number of aromatic nitrogens is 4. The van der Waals surface area contributed by atoms with E-state index in [1.54, 1.807) is 32.7 Å². The van der Waals surface area contributed by atoms with E-state index >= 15 is 0 Å². The molecule has 0 radical (unpaired) electrons. The number of hydrogen-bond acceptors (Lipinski definition) is 11. The van der Waals surface area contributed by atoms with Crippen molar-refractivity contribution in [1.29, 1.82) is 0 Å². The molecule has 3 aliphatic heterocycles. The molecular formula is C29H43N7O6. The molecule has 1 aromatic heterocycles. The summed E-state index contributed by atoms with van der Waals surface area (Å²) in [5.74, 6) is -0.369. The molecule has 0 saturated carbocycles. The van der Waals surface area contributed by atoms with Gasteiger partial charge in [-0.05, 0) is 91.0 Å². The highest BCUT2D eigenvalue weighted by Crippen LogP contribution is 2.39. The number of tetrazole rings is 1. The van der Waals surface area contributed by atoms with Gasteiger partial charge in [0.2, 0.25) is 0 Å². The first-order valence-electron chi connectivity index (χ1n) is 14.5. The van der Waals surface area contributed by atoms with Gasteiger partial charge in [-0.1, -0.05) is 23.3 Å². The quantitative estimate of drug-likeness (QED) is 0.384. The Bertz CT molecular complexity index is 1250. The number of carbonyl (C=O) groups is 3. The third-order valence-electron chi connectivity index (χ3n) is 7.07. The summed E-state index contributed by atoms with van der Waals surface area (Å²) in [4.78, 5) is 46.1. The molecular weight excluding hydrogens is 542 g/mol. The van der Waals surface area contributed by atoms with Gasteiger partial charge in [-0.15, -0.1) is 10.2 Å². The van der Waals surface area contributed by atoms with Crippen molar-refractivity contribution < 1.29 is 28.7 Å². The molecule has 1 unspecified atom stereocenters. The lowest BCUT2D eigenvalue weighted by Gasteiger charge is -2.49. The highest BCUT2D eigenvalue weighted by atomic mass is 16.8. The number of likely N-dealkylation sites (tertiary alicyclic amines) is 1. The topological polar surface area (TPSA) is 132 Å². The number of hydroxylamine groups is 2. The highest BCUT2D eigenvalue weighted by Gasteiger charge is 2.65. The van der Waals surface area contributed by atoms with Gasteiger partial charge in [0.25, 0.3) is 11.5 Å². The number of carbonyl (C=O) groups excluding carboxylic acids is 3. The average Bonchev–Trinajstić information content (AvgIpc) is 3.33. The molecule has 4 heterocycles. The van der Waals surface area contributed by atoms with Crippen molar-refractivity contribution in [2.24, 2.45) is 7.05 Å². The molecule has 42 heavy (non-hydrogen) atoms. The first-order chi connectivity index (χ1) is 19.7. The standard InChI is InChI=1S/C18H26N6O2.C11H17NO4/c1-18(2,3)26-17(25)23-12-10-15(11-13-23)24(14-8-6-5-7-9-14)16-19-21-22(4)20-16;1-10(2,3)15-8(13)11-6-4-5-7-12(11)16-9(11)14/h5-9,15H,10-13H2,1-4H3;4-7H2,1-3H3. The third kappa shape index (κ3) is 7.18.